The van der Waals surface area contributed by atoms with Gasteiger partial charge in [0.05, 0.1) is 20.3 Å². The van der Waals surface area contributed by atoms with E-state index in [2.05, 4.69) is 20.7 Å². The largest absolute Gasteiger partial charge is 0.489 e. The second-order valence-electron chi connectivity index (χ2n) is 5.90. The van der Waals surface area contributed by atoms with E-state index in [9.17, 15) is 9.18 Å². The van der Waals surface area contributed by atoms with E-state index in [1.165, 1.54) is 19.2 Å². The third-order valence-electron chi connectivity index (χ3n) is 4.15. The van der Waals surface area contributed by atoms with E-state index in [-0.39, 0.29) is 19.0 Å². The highest BCUT2D eigenvalue weighted by molar-refractivity contribution is 9.10. The van der Waals surface area contributed by atoms with Crippen molar-refractivity contribution in [3.63, 3.8) is 0 Å². The molecule has 1 aliphatic rings. The molecule has 0 spiro atoms. The van der Waals surface area contributed by atoms with Gasteiger partial charge in [0.2, 0.25) is 0 Å². The highest BCUT2D eigenvalue weighted by atomic mass is 79.9. The smallest absolute Gasteiger partial charge is 0.331 e. The zero-order valence-corrected chi connectivity index (χ0v) is 15.8. The van der Waals surface area contributed by atoms with Crippen LogP contribution in [-0.4, -0.2) is 32.9 Å². The molecule has 0 radical (unpaired) electrons. The van der Waals surface area contributed by atoms with Crippen molar-refractivity contribution < 1.29 is 28.1 Å². The number of rotatable bonds is 7. The Hall–Kier alpha value is -1.96. The quantitative estimate of drug-likeness (QED) is 0.635. The van der Waals surface area contributed by atoms with Gasteiger partial charge in [-0.05, 0) is 35.9 Å². The number of carbonyl (C=O) groups excluding carboxylic acids is 1. The van der Waals surface area contributed by atoms with Crippen LogP contribution >= 0.6 is 15.9 Å². The Morgan fingerprint density at radius 1 is 1.23 bits per heavy atom. The number of methoxy groups -OCH3 is 1. The van der Waals surface area contributed by atoms with Gasteiger partial charge in [0, 0.05) is 10.0 Å². The van der Waals surface area contributed by atoms with E-state index < -0.39 is 11.6 Å². The number of halogens is 2. The van der Waals surface area contributed by atoms with Crippen molar-refractivity contribution in [1.82, 2.24) is 0 Å². The molecule has 7 heteroatoms. The van der Waals surface area contributed by atoms with Gasteiger partial charge >= 0.3 is 5.97 Å². The molecule has 1 saturated heterocycles. The van der Waals surface area contributed by atoms with E-state index in [1.54, 1.807) is 6.07 Å². The molecule has 2 aromatic carbocycles. The standard InChI is InChI=1S/C19H18BrFO5/c1-23-18(22)10-26-19(11-24-12-19)14-2-5-16(6-3-14)25-9-13-8-15(21)4-7-17(13)20/h2-8H,9-12H2,1H3. The molecular weight excluding hydrogens is 407 g/mol. The first kappa shape index (κ1) is 18.8. The summed E-state index contributed by atoms with van der Waals surface area (Å²) in [6, 6.07) is 11.8. The molecule has 0 saturated carbocycles. The highest BCUT2D eigenvalue weighted by Gasteiger charge is 2.42. The Bertz CT molecular complexity index is 774. The third kappa shape index (κ3) is 4.23. The van der Waals surface area contributed by atoms with Crippen LogP contribution < -0.4 is 4.74 Å². The summed E-state index contributed by atoms with van der Waals surface area (Å²) in [4.78, 5) is 11.3. The molecule has 1 fully saturated rings. The first-order valence-electron chi connectivity index (χ1n) is 7.98. The summed E-state index contributed by atoms with van der Waals surface area (Å²) < 4.78 is 35.4. The lowest BCUT2D eigenvalue weighted by molar-refractivity contribution is -0.220. The van der Waals surface area contributed by atoms with Gasteiger partial charge in [-0.2, -0.15) is 0 Å². The third-order valence-corrected chi connectivity index (χ3v) is 4.92. The molecule has 138 valence electrons. The minimum Gasteiger partial charge on any atom is -0.489 e. The number of benzene rings is 2. The summed E-state index contributed by atoms with van der Waals surface area (Å²) in [5.41, 5.74) is 0.976. The van der Waals surface area contributed by atoms with Crippen LogP contribution in [0, 0.1) is 5.82 Å². The van der Waals surface area contributed by atoms with Crippen LogP contribution in [0.2, 0.25) is 0 Å². The Morgan fingerprint density at radius 2 is 1.96 bits per heavy atom. The SMILES string of the molecule is COC(=O)COC1(c2ccc(OCc3cc(F)ccc3Br)cc2)COC1. The van der Waals surface area contributed by atoms with Crippen LogP contribution in [0.4, 0.5) is 4.39 Å². The van der Waals surface area contributed by atoms with Crippen molar-refractivity contribution in [3.05, 3.63) is 63.9 Å². The summed E-state index contributed by atoms with van der Waals surface area (Å²) in [6.07, 6.45) is 0. The highest BCUT2D eigenvalue weighted by Crippen LogP contribution is 2.34. The van der Waals surface area contributed by atoms with Crippen molar-refractivity contribution in [1.29, 1.82) is 0 Å². The molecule has 0 atom stereocenters. The molecule has 1 aliphatic heterocycles. The van der Waals surface area contributed by atoms with Crippen molar-refractivity contribution in [3.8, 4) is 5.75 Å². The zero-order chi connectivity index (χ0) is 18.6. The van der Waals surface area contributed by atoms with Crippen LogP contribution in [0.5, 0.6) is 5.75 Å². The minimum atomic E-state index is -0.641. The first-order valence-corrected chi connectivity index (χ1v) is 8.77. The molecule has 0 unspecified atom stereocenters. The minimum absolute atomic E-state index is 0.133. The van der Waals surface area contributed by atoms with Crippen LogP contribution in [0.25, 0.3) is 0 Å². The van der Waals surface area contributed by atoms with Gasteiger partial charge in [-0.1, -0.05) is 28.1 Å². The molecule has 0 amide bonds. The fourth-order valence-corrected chi connectivity index (χ4v) is 2.91. The topological polar surface area (TPSA) is 54.0 Å². The van der Waals surface area contributed by atoms with Crippen LogP contribution in [0.3, 0.4) is 0 Å². The Labute approximate surface area is 159 Å². The normalized spacial score (nSPS) is 15.2. The lowest BCUT2D eigenvalue weighted by Gasteiger charge is -2.41. The number of ether oxygens (including phenoxy) is 4. The van der Waals surface area contributed by atoms with Gasteiger partial charge in [0.15, 0.2) is 0 Å². The number of esters is 1. The van der Waals surface area contributed by atoms with Gasteiger partial charge in [-0.3, -0.25) is 0 Å². The summed E-state index contributed by atoms with van der Waals surface area (Å²) in [7, 11) is 1.32. The molecule has 0 bridgehead atoms. The van der Waals surface area contributed by atoms with Crippen molar-refractivity contribution in [2.24, 2.45) is 0 Å². The molecule has 1 heterocycles. The number of carbonyl (C=O) groups is 1. The van der Waals surface area contributed by atoms with Gasteiger partial charge < -0.3 is 18.9 Å². The van der Waals surface area contributed by atoms with E-state index >= 15 is 0 Å². The molecule has 0 aromatic heterocycles. The first-order chi connectivity index (χ1) is 12.5. The Morgan fingerprint density at radius 3 is 2.58 bits per heavy atom. The average Bonchev–Trinajstić information content (AvgIpc) is 2.62. The molecule has 0 N–H and O–H groups in total. The maximum Gasteiger partial charge on any atom is 0.331 e. The van der Waals surface area contributed by atoms with E-state index in [0.717, 1.165) is 15.6 Å². The molecule has 26 heavy (non-hydrogen) atoms. The predicted molar refractivity (Wildman–Crippen MR) is 95.3 cm³/mol. The fourth-order valence-electron chi connectivity index (χ4n) is 2.55. The van der Waals surface area contributed by atoms with E-state index in [1.807, 2.05) is 24.3 Å². The lowest BCUT2D eigenvalue weighted by atomic mass is 9.91. The maximum atomic E-state index is 13.3. The summed E-state index contributed by atoms with van der Waals surface area (Å²) in [6.45, 7) is 0.859. The zero-order valence-electron chi connectivity index (χ0n) is 14.2. The Kier molecular flexibility index (Phi) is 5.90. The van der Waals surface area contributed by atoms with Crippen molar-refractivity contribution in [2.45, 2.75) is 12.2 Å². The molecule has 3 rings (SSSR count). The number of hydrogen-bond donors (Lipinski definition) is 0. The second kappa shape index (κ2) is 8.16. The molecule has 0 aliphatic carbocycles. The summed E-state index contributed by atoms with van der Waals surface area (Å²) in [5.74, 6) is -0.0954. The summed E-state index contributed by atoms with van der Waals surface area (Å²) >= 11 is 3.38. The van der Waals surface area contributed by atoms with Gasteiger partial charge in [-0.15, -0.1) is 0 Å². The van der Waals surface area contributed by atoms with Gasteiger partial charge in [0.25, 0.3) is 0 Å². The monoisotopic (exact) mass is 424 g/mol. The molecule has 5 nitrogen and oxygen atoms in total. The van der Waals surface area contributed by atoms with Crippen molar-refractivity contribution in [2.75, 3.05) is 26.9 Å². The van der Waals surface area contributed by atoms with Crippen molar-refractivity contribution >= 4 is 21.9 Å². The van der Waals surface area contributed by atoms with Gasteiger partial charge in [-0.25, -0.2) is 9.18 Å². The maximum absolute atomic E-state index is 13.3. The van der Waals surface area contributed by atoms with Crippen LogP contribution in [0.1, 0.15) is 11.1 Å². The predicted octanol–water partition coefficient (Wildman–Crippen LogP) is 3.58. The van der Waals surface area contributed by atoms with E-state index in [4.69, 9.17) is 14.2 Å². The van der Waals surface area contributed by atoms with Crippen LogP contribution in [-0.2, 0) is 31.2 Å². The lowest BCUT2D eigenvalue weighted by Crippen LogP contribution is -2.49. The molecule has 2 aromatic rings. The van der Waals surface area contributed by atoms with Gasteiger partial charge in [0.1, 0.15) is 30.4 Å². The number of hydrogen-bond acceptors (Lipinski definition) is 5. The van der Waals surface area contributed by atoms with Crippen LogP contribution in [0.15, 0.2) is 46.9 Å². The molecular formula is C19H18BrFO5. The second-order valence-corrected chi connectivity index (χ2v) is 6.76. The summed E-state index contributed by atoms with van der Waals surface area (Å²) in [5, 5.41) is 0. The van der Waals surface area contributed by atoms with E-state index in [0.29, 0.717) is 19.0 Å². The fraction of sp³-hybridized carbons (Fsp3) is 0.316. The average molecular weight is 425 g/mol. The Balaban J connectivity index is 1.64.